The highest BCUT2D eigenvalue weighted by Crippen LogP contribution is 2.23. The highest BCUT2D eigenvalue weighted by Gasteiger charge is 2.10. The number of carbonyl (C=O) groups excluding carboxylic acids is 1. The van der Waals surface area contributed by atoms with Gasteiger partial charge in [-0.3, -0.25) is 9.59 Å². The van der Waals surface area contributed by atoms with Crippen molar-refractivity contribution >= 4 is 17.3 Å². The first-order valence-corrected chi connectivity index (χ1v) is 5.84. The van der Waals surface area contributed by atoms with Crippen molar-refractivity contribution in [3.8, 4) is 0 Å². The number of H-pyrrole nitrogens is 1. The van der Waals surface area contributed by atoms with E-state index in [-0.39, 0.29) is 11.5 Å². The molecule has 1 aromatic heterocycles. The molecule has 1 amide bonds. The smallest absolute Gasteiger partial charge is 0.257 e. The van der Waals surface area contributed by atoms with Crippen molar-refractivity contribution in [2.24, 2.45) is 0 Å². The van der Waals surface area contributed by atoms with Gasteiger partial charge in [0.2, 0.25) is 5.56 Å². The summed E-state index contributed by atoms with van der Waals surface area (Å²) in [5.74, 6) is -0.271. The van der Waals surface area contributed by atoms with E-state index in [2.05, 4.69) is 10.3 Å². The van der Waals surface area contributed by atoms with E-state index in [1.807, 2.05) is 13.8 Å². The summed E-state index contributed by atoms with van der Waals surface area (Å²) >= 11 is 0. The van der Waals surface area contributed by atoms with Gasteiger partial charge in [0, 0.05) is 23.6 Å². The summed E-state index contributed by atoms with van der Waals surface area (Å²) in [5, 5.41) is 2.82. The van der Waals surface area contributed by atoms with Crippen LogP contribution in [0.3, 0.4) is 0 Å². The Balaban J connectivity index is 2.29. The summed E-state index contributed by atoms with van der Waals surface area (Å²) in [4.78, 5) is 25.5. The summed E-state index contributed by atoms with van der Waals surface area (Å²) < 4.78 is 0. The Labute approximate surface area is 110 Å². The summed E-state index contributed by atoms with van der Waals surface area (Å²) in [7, 11) is 0. The Kier molecular flexibility index (Phi) is 3.37. The van der Waals surface area contributed by atoms with Crippen LogP contribution in [0.5, 0.6) is 0 Å². The molecule has 0 fully saturated rings. The Morgan fingerprint density at radius 3 is 2.37 bits per heavy atom. The van der Waals surface area contributed by atoms with Crippen molar-refractivity contribution < 1.29 is 4.79 Å². The number of amides is 1. The zero-order valence-electron chi connectivity index (χ0n) is 10.8. The number of aryl methyl sites for hydroxylation is 2. The second kappa shape index (κ2) is 4.97. The normalized spacial score (nSPS) is 10.2. The first kappa shape index (κ1) is 12.9. The number of benzene rings is 1. The number of pyridine rings is 1. The lowest BCUT2D eigenvalue weighted by Crippen LogP contribution is -2.16. The average molecular weight is 257 g/mol. The van der Waals surface area contributed by atoms with Crippen LogP contribution in [0.25, 0.3) is 0 Å². The van der Waals surface area contributed by atoms with E-state index in [1.165, 1.54) is 18.3 Å². The van der Waals surface area contributed by atoms with E-state index >= 15 is 0 Å². The number of aromatic nitrogens is 1. The SMILES string of the molecule is Cc1cc(N)cc(C)c1NC(=O)c1ccc(=O)[nH]c1. The van der Waals surface area contributed by atoms with Gasteiger partial charge in [-0.2, -0.15) is 0 Å². The van der Waals surface area contributed by atoms with Crippen LogP contribution in [0.4, 0.5) is 11.4 Å². The number of carbonyl (C=O) groups is 1. The molecule has 0 unspecified atom stereocenters. The Bertz CT molecular complexity index is 646. The molecule has 98 valence electrons. The summed E-state index contributed by atoms with van der Waals surface area (Å²) in [6, 6.07) is 6.40. The van der Waals surface area contributed by atoms with Crippen molar-refractivity contribution in [1.29, 1.82) is 0 Å². The van der Waals surface area contributed by atoms with Crippen molar-refractivity contribution in [2.45, 2.75) is 13.8 Å². The van der Waals surface area contributed by atoms with Gasteiger partial charge in [0.25, 0.3) is 5.91 Å². The number of hydrogen-bond donors (Lipinski definition) is 3. The van der Waals surface area contributed by atoms with Crippen LogP contribution in [0, 0.1) is 13.8 Å². The van der Waals surface area contributed by atoms with E-state index in [0.29, 0.717) is 11.3 Å². The summed E-state index contributed by atoms with van der Waals surface area (Å²) in [6.07, 6.45) is 1.39. The van der Waals surface area contributed by atoms with Crippen LogP contribution in [0.2, 0.25) is 0 Å². The molecule has 2 aromatic rings. The van der Waals surface area contributed by atoms with Crippen LogP contribution >= 0.6 is 0 Å². The maximum atomic E-state index is 12.1. The van der Waals surface area contributed by atoms with Crippen LogP contribution < -0.4 is 16.6 Å². The molecule has 5 heteroatoms. The lowest BCUT2D eigenvalue weighted by Gasteiger charge is -2.12. The minimum atomic E-state index is -0.271. The Hall–Kier alpha value is -2.56. The number of hydrogen-bond acceptors (Lipinski definition) is 3. The molecule has 0 saturated heterocycles. The topological polar surface area (TPSA) is 88.0 Å². The molecule has 19 heavy (non-hydrogen) atoms. The van der Waals surface area contributed by atoms with E-state index in [1.54, 1.807) is 12.1 Å². The molecule has 0 radical (unpaired) electrons. The molecule has 4 N–H and O–H groups in total. The zero-order chi connectivity index (χ0) is 14.0. The average Bonchev–Trinajstić information content (AvgIpc) is 2.34. The maximum Gasteiger partial charge on any atom is 0.257 e. The van der Waals surface area contributed by atoms with Crippen LogP contribution in [0.1, 0.15) is 21.5 Å². The summed E-state index contributed by atoms with van der Waals surface area (Å²) in [6.45, 7) is 3.76. The first-order valence-electron chi connectivity index (χ1n) is 5.84. The maximum absolute atomic E-state index is 12.1. The minimum absolute atomic E-state index is 0.239. The Morgan fingerprint density at radius 1 is 1.21 bits per heavy atom. The fourth-order valence-corrected chi connectivity index (χ4v) is 1.93. The lowest BCUT2D eigenvalue weighted by atomic mass is 10.1. The number of anilines is 2. The highest BCUT2D eigenvalue weighted by molar-refractivity contribution is 6.04. The van der Waals surface area contributed by atoms with E-state index in [4.69, 9.17) is 5.73 Å². The predicted octanol–water partition coefficient (Wildman–Crippen LogP) is 1.83. The molecule has 0 aliphatic heterocycles. The molecule has 1 heterocycles. The van der Waals surface area contributed by atoms with Crippen molar-refractivity contribution in [1.82, 2.24) is 4.98 Å². The van der Waals surface area contributed by atoms with Gasteiger partial charge >= 0.3 is 0 Å². The molecular formula is C14H15N3O2. The number of rotatable bonds is 2. The second-order valence-corrected chi connectivity index (χ2v) is 4.43. The van der Waals surface area contributed by atoms with Gasteiger partial charge in [-0.25, -0.2) is 0 Å². The third kappa shape index (κ3) is 2.82. The van der Waals surface area contributed by atoms with Crippen LogP contribution in [-0.4, -0.2) is 10.9 Å². The molecule has 5 nitrogen and oxygen atoms in total. The number of nitrogen functional groups attached to an aromatic ring is 1. The van der Waals surface area contributed by atoms with E-state index in [0.717, 1.165) is 16.8 Å². The molecule has 0 spiro atoms. The third-order valence-electron chi connectivity index (χ3n) is 2.84. The molecule has 0 bridgehead atoms. The van der Waals surface area contributed by atoms with Gasteiger partial charge in [-0.05, 0) is 43.2 Å². The second-order valence-electron chi connectivity index (χ2n) is 4.43. The zero-order valence-corrected chi connectivity index (χ0v) is 10.8. The minimum Gasteiger partial charge on any atom is -0.399 e. The highest BCUT2D eigenvalue weighted by atomic mass is 16.1. The van der Waals surface area contributed by atoms with Crippen molar-refractivity contribution in [3.63, 3.8) is 0 Å². The molecule has 0 saturated carbocycles. The Morgan fingerprint density at radius 2 is 1.84 bits per heavy atom. The monoisotopic (exact) mass is 257 g/mol. The molecule has 0 atom stereocenters. The standard InChI is InChI=1S/C14H15N3O2/c1-8-5-11(15)6-9(2)13(8)17-14(19)10-3-4-12(18)16-7-10/h3-7H,15H2,1-2H3,(H,16,18)(H,17,19). The van der Waals surface area contributed by atoms with E-state index in [9.17, 15) is 9.59 Å². The molecule has 0 aliphatic rings. The van der Waals surface area contributed by atoms with Crippen molar-refractivity contribution in [2.75, 3.05) is 11.1 Å². The van der Waals surface area contributed by atoms with Crippen LogP contribution in [-0.2, 0) is 0 Å². The van der Waals surface area contributed by atoms with Gasteiger partial charge in [-0.1, -0.05) is 0 Å². The van der Waals surface area contributed by atoms with Crippen LogP contribution in [0.15, 0.2) is 35.3 Å². The third-order valence-corrected chi connectivity index (χ3v) is 2.84. The lowest BCUT2D eigenvalue weighted by molar-refractivity contribution is 0.102. The summed E-state index contributed by atoms with van der Waals surface area (Å²) in [5.41, 5.74) is 9.10. The quantitative estimate of drug-likeness (QED) is 0.717. The number of aromatic amines is 1. The van der Waals surface area contributed by atoms with Gasteiger partial charge in [0.05, 0.1) is 5.56 Å². The fourth-order valence-electron chi connectivity index (χ4n) is 1.93. The molecule has 0 aliphatic carbocycles. The predicted molar refractivity (Wildman–Crippen MR) is 75.3 cm³/mol. The van der Waals surface area contributed by atoms with E-state index < -0.39 is 0 Å². The van der Waals surface area contributed by atoms with Gasteiger partial charge in [0.15, 0.2) is 0 Å². The number of nitrogens with two attached hydrogens (primary N) is 1. The first-order chi connectivity index (χ1) is 8.97. The number of nitrogens with one attached hydrogen (secondary N) is 2. The molecule has 1 aromatic carbocycles. The fraction of sp³-hybridized carbons (Fsp3) is 0.143. The molecule has 2 rings (SSSR count). The molecular weight excluding hydrogens is 242 g/mol. The van der Waals surface area contributed by atoms with Gasteiger partial charge in [0.1, 0.15) is 0 Å². The van der Waals surface area contributed by atoms with Gasteiger partial charge in [-0.15, -0.1) is 0 Å². The van der Waals surface area contributed by atoms with Gasteiger partial charge < -0.3 is 16.0 Å². The van der Waals surface area contributed by atoms with Crippen molar-refractivity contribution in [3.05, 3.63) is 57.5 Å². The largest absolute Gasteiger partial charge is 0.399 e.